The molecule has 0 spiro atoms. The number of amides is 1. The van der Waals surface area contributed by atoms with Crippen LogP contribution >= 0.6 is 11.8 Å². The second-order valence-electron chi connectivity index (χ2n) is 6.14. The minimum absolute atomic E-state index is 0.0156. The summed E-state index contributed by atoms with van der Waals surface area (Å²) in [6.07, 6.45) is 2.92. The summed E-state index contributed by atoms with van der Waals surface area (Å²) in [6, 6.07) is 11.6. The fraction of sp³-hybridized carbons (Fsp3) is 0.190. The van der Waals surface area contributed by atoms with Gasteiger partial charge in [-0.3, -0.25) is 14.2 Å². The van der Waals surface area contributed by atoms with Crippen LogP contribution in [0.4, 0.5) is 10.1 Å². The first-order valence-corrected chi connectivity index (χ1v) is 9.96. The summed E-state index contributed by atoms with van der Waals surface area (Å²) in [5, 5.41) is 2.92. The zero-order valence-corrected chi connectivity index (χ0v) is 16.8. The Morgan fingerprint density at radius 2 is 2.00 bits per heavy atom. The fourth-order valence-corrected chi connectivity index (χ4v) is 3.26. The van der Waals surface area contributed by atoms with E-state index in [1.54, 1.807) is 43.3 Å². The number of aromatic nitrogens is 2. The molecule has 0 unspecified atom stereocenters. The van der Waals surface area contributed by atoms with Crippen molar-refractivity contribution in [3.8, 4) is 11.4 Å². The molecule has 150 valence electrons. The van der Waals surface area contributed by atoms with E-state index < -0.39 is 11.4 Å². The Bertz CT molecular complexity index is 1070. The largest absolute Gasteiger partial charge is 0.494 e. The lowest BCUT2D eigenvalue weighted by Gasteiger charge is -2.09. The van der Waals surface area contributed by atoms with Crippen LogP contribution in [0.1, 0.15) is 12.5 Å². The van der Waals surface area contributed by atoms with Crippen molar-refractivity contribution in [2.24, 2.45) is 0 Å². The topological polar surface area (TPSA) is 73.2 Å². The zero-order chi connectivity index (χ0) is 20.8. The van der Waals surface area contributed by atoms with Gasteiger partial charge in [0.15, 0.2) is 5.03 Å². The number of nitrogens with zero attached hydrogens (tertiary/aromatic N) is 2. The lowest BCUT2D eigenvalue weighted by Crippen LogP contribution is -2.22. The van der Waals surface area contributed by atoms with E-state index in [-0.39, 0.29) is 16.7 Å². The van der Waals surface area contributed by atoms with Gasteiger partial charge in [0, 0.05) is 18.1 Å². The molecule has 8 heteroatoms. The number of anilines is 1. The standard InChI is InChI=1S/C21H20FN3O3S/c1-3-28-17-8-5-15(6-9-17)24-19(26)13-29-20-21(27)25(11-10-23-20)16-7-4-14(2)18(22)12-16/h4-12H,3,13H2,1-2H3,(H,24,26). The van der Waals surface area contributed by atoms with Gasteiger partial charge in [-0.1, -0.05) is 17.8 Å². The molecule has 6 nitrogen and oxygen atoms in total. The molecule has 0 saturated heterocycles. The zero-order valence-electron chi connectivity index (χ0n) is 16.0. The number of nitrogens with one attached hydrogen (secondary N) is 1. The summed E-state index contributed by atoms with van der Waals surface area (Å²) < 4.78 is 20.5. The predicted octanol–water partition coefficient (Wildman–Crippen LogP) is 3.81. The number of carbonyl (C=O) groups is 1. The quantitative estimate of drug-likeness (QED) is 0.597. The van der Waals surface area contributed by atoms with E-state index in [0.29, 0.717) is 23.5 Å². The number of carbonyl (C=O) groups excluding carboxylic acids is 1. The van der Waals surface area contributed by atoms with E-state index >= 15 is 0 Å². The molecule has 0 saturated carbocycles. The average molecular weight is 413 g/mol. The SMILES string of the molecule is CCOc1ccc(NC(=O)CSc2nccn(-c3ccc(C)c(F)c3)c2=O)cc1. The molecule has 2 aromatic carbocycles. The maximum Gasteiger partial charge on any atom is 0.287 e. The average Bonchev–Trinajstić information content (AvgIpc) is 2.71. The van der Waals surface area contributed by atoms with Gasteiger partial charge < -0.3 is 10.1 Å². The maximum atomic E-state index is 13.8. The summed E-state index contributed by atoms with van der Waals surface area (Å²) in [6.45, 7) is 4.12. The molecule has 0 fully saturated rings. The lowest BCUT2D eigenvalue weighted by atomic mass is 10.2. The van der Waals surface area contributed by atoms with Crippen molar-refractivity contribution < 1.29 is 13.9 Å². The molecule has 1 aromatic heterocycles. The first-order valence-electron chi connectivity index (χ1n) is 8.97. The van der Waals surface area contributed by atoms with Gasteiger partial charge >= 0.3 is 0 Å². The smallest absolute Gasteiger partial charge is 0.287 e. The highest BCUT2D eigenvalue weighted by atomic mass is 32.2. The van der Waals surface area contributed by atoms with Crippen LogP contribution in [0.15, 0.2) is 64.7 Å². The van der Waals surface area contributed by atoms with Crippen molar-refractivity contribution in [2.75, 3.05) is 17.7 Å². The van der Waals surface area contributed by atoms with E-state index in [2.05, 4.69) is 10.3 Å². The maximum absolute atomic E-state index is 13.8. The highest BCUT2D eigenvalue weighted by molar-refractivity contribution is 7.99. The molecule has 1 heterocycles. The number of benzene rings is 2. The molecule has 1 N–H and O–H groups in total. The van der Waals surface area contributed by atoms with Crippen LogP contribution in [0.2, 0.25) is 0 Å². The third-order valence-electron chi connectivity index (χ3n) is 4.03. The Morgan fingerprint density at radius 1 is 1.24 bits per heavy atom. The van der Waals surface area contributed by atoms with E-state index in [0.717, 1.165) is 17.5 Å². The Hall–Kier alpha value is -3.13. The number of thioether (sulfide) groups is 1. The van der Waals surface area contributed by atoms with Crippen molar-refractivity contribution in [1.82, 2.24) is 9.55 Å². The number of rotatable bonds is 7. The molecule has 3 aromatic rings. The molecular formula is C21H20FN3O3S. The first-order chi connectivity index (χ1) is 14.0. The van der Waals surface area contributed by atoms with Crippen LogP contribution in [0.25, 0.3) is 5.69 Å². The lowest BCUT2D eigenvalue weighted by molar-refractivity contribution is -0.113. The van der Waals surface area contributed by atoms with E-state index in [1.807, 2.05) is 6.92 Å². The van der Waals surface area contributed by atoms with Crippen LogP contribution in [0, 0.1) is 12.7 Å². The highest BCUT2D eigenvalue weighted by Crippen LogP contribution is 2.17. The van der Waals surface area contributed by atoms with Gasteiger partial charge in [-0.2, -0.15) is 0 Å². The highest BCUT2D eigenvalue weighted by Gasteiger charge is 2.11. The summed E-state index contributed by atoms with van der Waals surface area (Å²) in [5.74, 6) is 0.0793. The second kappa shape index (κ2) is 9.38. The second-order valence-corrected chi connectivity index (χ2v) is 7.10. The molecular weight excluding hydrogens is 393 g/mol. The van der Waals surface area contributed by atoms with Gasteiger partial charge in [0.2, 0.25) is 5.91 Å². The summed E-state index contributed by atoms with van der Waals surface area (Å²) in [5.41, 5.74) is 1.12. The van der Waals surface area contributed by atoms with Gasteiger partial charge in [-0.15, -0.1) is 0 Å². The minimum atomic E-state index is -0.408. The summed E-state index contributed by atoms with van der Waals surface area (Å²) in [4.78, 5) is 28.9. The Morgan fingerprint density at radius 3 is 2.69 bits per heavy atom. The molecule has 0 aliphatic heterocycles. The number of hydrogen-bond acceptors (Lipinski definition) is 5. The van der Waals surface area contributed by atoms with Gasteiger partial charge in [-0.25, -0.2) is 9.37 Å². The van der Waals surface area contributed by atoms with Crippen molar-refractivity contribution in [1.29, 1.82) is 0 Å². The number of hydrogen-bond donors (Lipinski definition) is 1. The van der Waals surface area contributed by atoms with Crippen molar-refractivity contribution in [2.45, 2.75) is 18.9 Å². The fourth-order valence-electron chi connectivity index (χ4n) is 2.56. The third-order valence-corrected chi connectivity index (χ3v) is 4.99. The number of ether oxygens (including phenoxy) is 1. The van der Waals surface area contributed by atoms with Gasteiger partial charge in [-0.05, 0) is 55.8 Å². The van der Waals surface area contributed by atoms with Gasteiger partial charge in [0.25, 0.3) is 5.56 Å². The van der Waals surface area contributed by atoms with Crippen molar-refractivity contribution in [3.63, 3.8) is 0 Å². The molecule has 0 aliphatic carbocycles. The molecule has 0 bridgehead atoms. The summed E-state index contributed by atoms with van der Waals surface area (Å²) in [7, 11) is 0. The monoisotopic (exact) mass is 413 g/mol. The molecule has 1 amide bonds. The molecule has 0 aliphatic rings. The molecule has 0 atom stereocenters. The number of halogens is 1. The Labute approximate surface area is 171 Å². The molecule has 0 radical (unpaired) electrons. The third kappa shape index (κ3) is 5.23. The Balaban J connectivity index is 1.66. The van der Waals surface area contributed by atoms with Crippen molar-refractivity contribution in [3.05, 3.63) is 76.6 Å². The first kappa shape index (κ1) is 20.6. The minimum Gasteiger partial charge on any atom is -0.494 e. The van der Waals surface area contributed by atoms with Gasteiger partial charge in [0.05, 0.1) is 18.0 Å². The molecule has 29 heavy (non-hydrogen) atoms. The van der Waals surface area contributed by atoms with Crippen LogP contribution < -0.4 is 15.6 Å². The van der Waals surface area contributed by atoms with Gasteiger partial charge in [0.1, 0.15) is 11.6 Å². The van der Waals surface area contributed by atoms with Crippen LogP contribution in [0.5, 0.6) is 5.75 Å². The van der Waals surface area contributed by atoms with Crippen LogP contribution in [0.3, 0.4) is 0 Å². The summed E-state index contributed by atoms with van der Waals surface area (Å²) >= 11 is 1.03. The normalized spacial score (nSPS) is 10.6. The van der Waals surface area contributed by atoms with Crippen LogP contribution in [-0.4, -0.2) is 27.8 Å². The van der Waals surface area contributed by atoms with E-state index in [1.165, 1.54) is 23.0 Å². The molecule has 3 rings (SSSR count). The van der Waals surface area contributed by atoms with E-state index in [9.17, 15) is 14.0 Å². The Kier molecular flexibility index (Phi) is 6.66. The van der Waals surface area contributed by atoms with Crippen LogP contribution in [-0.2, 0) is 4.79 Å². The van der Waals surface area contributed by atoms with E-state index in [4.69, 9.17) is 4.74 Å². The predicted molar refractivity (Wildman–Crippen MR) is 111 cm³/mol. The van der Waals surface area contributed by atoms with Crippen molar-refractivity contribution >= 4 is 23.4 Å². The number of aryl methyl sites for hydroxylation is 1.